The Hall–Kier alpha value is -1.42. The number of aliphatic hydroxyl groups is 17. The molecule has 6 saturated heterocycles. The number of hydrogen-bond acceptors (Lipinski definition) is 29. The number of fused-ring (bicyclic) bond motifs is 7. The predicted octanol–water partition coefficient (Wildman–Crippen LogP) is -5.56. The highest BCUT2D eigenvalue weighted by atomic mass is 16.8. The van der Waals surface area contributed by atoms with E-state index < -0.39 is 198 Å². The molecule has 6 aliphatic heterocycles. The molecule has 0 bridgehead atoms. The van der Waals surface area contributed by atoms with E-state index in [-0.39, 0.29) is 41.3 Å². The maximum absolute atomic E-state index is 11.9. The van der Waals surface area contributed by atoms with Crippen LogP contribution in [0.15, 0.2) is 11.6 Å². The van der Waals surface area contributed by atoms with Crippen molar-refractivity contribution in [2.75, 3.05) is 46.8 Å². The summed E-state index contributed by atoms with van der Waals surface area (Å²) in [5, 5.41) is 181. The van der Waals surface area contributed by atoms with Crippen molar-refractivity contribution in [1.82, 2.24) is 0 Å². The van der Waals surface area contributed by atoms with Crippen molar-refractivity contribution in [3.8, 4) is 0 Å². The van der Waals surface area contributed by atoms with E-state index in [2.05, 4.69) is 26.8 Å². The molecule has 0 aromatic rings. The van der Waals surface area contributed by atoms with Gasteiger partial charge in [-0.3, -0.25) is 0 Å². The minimum absolute atomic E-state index is 0.00970. The summed E-state index contributed by atoms with van der Waals surface area (Å²) in [6, 6.07) is 0. The standard InChI is InChI=1S/C58H96O29/c1-22(21-77-51-44(72)40(68)36(64)30(16-59)79-51)8-13-58(76-5)23(2)35-29(87-58)15-28-26-7-6-24-14-25(9-11-56(24,3)27(26)10-12-57(28,35)4)78-52-47(75)43(71)48(34(20-63)83-52)84-55-50(86-54-46(74)42(70)38(66)32(18-61)81-54)49(39(67)33(19-62)82-55)85-53-45(73)41(69)37(65)31(17-60)80-53/h6,22-23,25-55,59-75H,7-21H2,1-5H3/t22-,23-,25+,26+,27-,28-,29-,30-,31-,32-,33-,34-,35-,36-,37-,38-,39-,40+,41+,42+,43-,44-,45-,46-,47-,48-,49+,50-,51-,52-,53+,54+,55+,56+,57+,58+/m0/s1. The maximum Gasteiger partial charge on any atom is 0.187 e. The summed E-state index contributed by atoms with van der Waals surface area (Å²) in [5.41, 5.74) is 1.06. The number of methoxy groups -OCH3 is 1. The van der Waals surface area contributed by atoms with E-state index in [1.165, 1.54) is 5.57 Å². The van der Waals surface area contributed by atoms with Crippen LogP contribution in [-0.2, 0) is 56.8 Å². The molecule has 0 spiro atoms. The lowest BCUT2D eigenvalue weighted by atomic mass is 9.47. The first-order chi connectivity index (χ1) is 41.3. The zero-order valence-electron chi connectivity index (χ0n) is 49.7. The first-order valence-corrected chi connectivity index (χ1v) is 31.0. The summed E-state index contributed by atoms with van der Waals surface area (Å²) in [4.78, 5) is 0. The van der Waals surface area contributed by atoms with Gasteiger partial charge in [0, 0.05) is 19.4 Å². The fourth-order valence-electron chi connectivity index (χ4n) is 16.8. The molecule has 29 heteroatoms. The van der Waals surface area contributed by atoms with Crippen LogP contribution < -0.4 is 0 Å². The number of hydrogen-bond donors (Lipinski definition) is 17. The lowest BCUT2D eigenvalue weighted by Gasteiger charge is -2.58. The highest BCUT2D eigenvalue weighted by molar-refractivity contribution is 5.26. The average Bonchev–Trinajstić information content (AvgIpc) is 1.61. The quantitative estimate of drug-likeness (QED) is 0.0506. The molecule has 0 aromatic heterocycles. The minimum atomic E-state index is -2.06. The Morgan fingerprint density at radius 3 is 1.61 bits per heavy atom. The van der Waals surface area contributed by atoms with Crippen molar-refractivity contribution in [3.63, 3.8) is 0 Å². The fourth-order valence-corrected chi connectivity index (χ4v) is 16.8. The van der Waals surface area contributed by atoms with Crippen LogP contribution in [0.2, 0.25) is 0 Å². The SMILES string of the molecule is CO[C@]1(CC[C@H](C)CO[C@H]2O[C@@H](CO)[C@H](O)[C@@H](O)[C@@H]2O)O[C@H]2C[C@H]3[C@@H]4CC=C5C[C@H](O[C@H]6O[C@@H](CO)[C@H](O[C@H]7O[C@@H](CO)[C@H](O)[C@@H](O[C@H]8O[C@@H](CO)[C@H](O)[C@@H](O)[C@@H]8O)[C@@H]7O[C@H]7O[C@@H](CO)[C@H](O)[C@@H](O)[C@@H]7O)[C@@H](O)[C@@H]6O)CC[C@@]5(C)[C@H]4CC[C@@]3(C)[C@H]2[C@@H]1C. The van der Waals surface area contributed by atoms with Crippen LogP contribution in [0.25, 0.3) is 0 Å². The molecule has 0 amide bonds. The van der Waals surface area contributed by atoms with E-state index in [0.717, 1.165) is 32.1 Å². The van der Waals surface area contributed by atoms with Crippen LogP contribution in [0.4, 0.5) is 0 Å². The number of allylic oxidation sites excluding steroid dienone is 1. The fraction of sp³-hybridized carbons (Fsp3) is 0.966. The third kappa shape index (κ3) is 12.5. The van der Waals surface area contributed by atoms with Gasteiger partial charge in [0.05, 0.1) is 51.8 Å². The van der Waals surface area contributed by atoms with Crippen LogP contribution in [0.3, 0.4) is 0 Å². The Labute approximate surface area is 504 Å². The topological polar surface area (TPSA) is 455 Å². The molecule has 10 rings (SSSR count). The van der Waals surface area contributed by atoms with Crippen molar-refractivity contribution < 1.29 is 144 Å². The average molecular weight is 1260 g/mol. The second-order valence-electron chi connectivity index (χ2n) is 26.8. The molecule has 36 atom stereocenters. The second kappa shape index (κ2) is 27.5. The van der Waals surface area contributed by atoms with Crippen LogP contribution in [0, 0.1) is 46.3 Å². The van der Waals surface area contributed by atoms with Gasteiger partial charge in [-0.25, -0.2) is 0 Å². The Kier molecular flexibility index (Phi) is 21.6. The van der Waals surface area contributed by atoms with E-state index in [1.54, 1.807) is 7.11 Å². The largest absolute Gasteiger partial charge is 0.394 e. The molecule has 4 aliphatic carbocycles. The predicted molar refractivity (Wildman–Crippen MR) is 289 cm³/mol. The summed E-state index contributed by atoms with van der Waals surface area (Å²) < 4.78 is 72.8. The van der Waals surface area contributed by atoms with Gasteiger partial charge in [-0.05, 0) is 91.8 Å². The van der Waals surface area contributed by atoms with Crippen LogP contribution in [-0.4, -0.2) is 305 Å². The second-order valence-corrected chi connectivity index (χ2v) is 26.8. The van der Waals surface area contributed by atoms with Gasteiger partial charge < -0.3 is 144 Å². The Bertz CT molecular complexity index is 2270. The Balaban J connectivity index is 0.784. The third-order valence-electron chi connectivity index (χ3n) is 22.0. The van der Waals surface area contributed by atoms with Crippen molar-refractivity contribution in [1.29, 1.82) is 0 Å². The molecular weight excluding hydrogens is 1160 g/mol. The van der Waals surface area contributed by atoms with E-state index in [4.69, 9.17) is 56.8 Å². The molecule has 3 saturated carbocycles. The van der Waals surface area contributed by atoms with Crippen LogP contribution in [0.1, 0.15) is 85.5 Å². The Morgan fingerprint density at radius 2 is 1.03 bits per heavy atom. The minimum Gasteiger partial charge on any atom is -0.394 e. The molecule has 10 aliphatic rings. The van der Waals surface area contributed by atoms with Gasteiger partial charge >= 0.3 is 0 Å². The van der Waals surface area contributed by atoms with Gasteiger partial charge in [0.15, 0.2) is 37.2 Å². The molecule has 29 nitrogen and oxygen atoms in total. The van der Waals surface area contributed by atoms with Gasteiger partial charge in [0.25, 0.3) is 0 Å². The molecule has 87 heavy (non-hydrogen) atoms. The molecule has 9 fully saturated rings. The molecule has 0 aromatic carbocycles. The summed E-state index contributed by atoms with van der Waals surface area (Å²) in [5.74, 6) is 0.646. The molecule has 502 valence electrons. The maximum atomic E-state index is 11.9. The van der Waals surface area contributed by atoms with E-state index >= 15 is 0 Å². The van der Waals surface area contributed by atoms with Crippen molar-refractivity contribution in [2.24, 2.45) is 46.3 Å². The molecule has 17 N–H and O–H groups in total. The lowest BCUT2D eigenvalue weighted by Crippen LogP contribution is -2.68. The van der Waals surface area contributed by atoms with Crippen LogP contribution >= 0.6 is 0 Å². The van der Waals surface area contributed by atoms with Crippen molar-refractivity contribution in [3.05, 3.63) is 11.6 Å². The molecular formula is C58H96O29. The highest BCUT2D eigenvalue weighted by Crippen LogP contribution is 2.70. The zero-order valence-corrected chi connectivity index (χ0v) is 49.7. The van der Waals surface area contributed by atoms with Gasteiger partial charge in [0.1, 0.15) is 122 Å². The van der Waals surface area contributed by atoms with Gasteiger partial charge in [0.2, 0.25) is 0 Å². The summed E-state index contributed by atoms with van der Waals surface area (Å²) in [7, 11) is 1.70. The first-order valence-electron chi connectivity index (χ1n) is 31.0. The number of aliphatic hydroxyl groups excluding tert-OH is 17. The van der Waals surface area contributed by atoms with Crippen molar-refractivity contribution in [2.45, 2.75) is 257 Å². The van der Waals surface area contributed by atoms with E-state index in [1.807, 2.05) is 6.92 Å². The normalized spacial score (nSPS) is 53.8. The van der Waals surface area contributed by atoms with Crippen LogP contribution in [0.5, 0.6) is 0 Å². The molecule has 6 heterocycles. The Morgan fingerprint density at radius 1 is 0.540 bits per heavy atom. The molecule has 0 radical (unpaired) electrons. The lowest BCUT2D eigenvalue weighted by molar-refractivity contribution is -0.406. The third-order valence-corrected chi connectivity index (χ3v) is 22.0. The molecule has 0 unspecified atom stereocenters. The highest BCUT2D eigenvalue weighted by Gasteiger charge is 2.69. The zero-order chi connectivity index (χ0) is 62.9. The first kappa shape index (κ1) is 68.4. The summed E-state index contributed by atoms with van der Waals surface area (Å²) in [6.07, 6.45) is -34.6. The van der Waals surface area contributed by atoms with Gasteiger partial charge in [-0.15, -0.1) is 0 Å². The van der Waals surface area contributed by atoms with E-state index in [9.17, 15) is 86.8 Å². The smallest absolute Gasteiger partial charge is 0.187 e. The number of rotatable bonds is 20. The number of ether oxygens (including phenoxy) is 12. The summed E-state index contributed by atoms with van der Waals surface area (Å²) in [6.45, 7) is 5.13. The monoisotopic (exact) mass is 1260 g/mol. The van der Waals surface area contributed by atoms with Gasteiger partial charge in [-0.1, -0.05) is 39.3 Å². The van der Waals surface area contributed by atoms with Gasteiger partial charge in [-0.2, -0.15) is 0 Å². The van der Waals surface area contributed by atoms with E-state index in [0.29, 0.717) is 43.4 Å². The summed E-state index contributed by atoms with van der Waals surface area (Å²) >= 11 is 0. The van der Waals surface area contributed by atoms with Crippen molar-refractivity contribution >= 4 is 0 Å².